The van der Waals surface area contributed by atoms with Gasteiger partial charge in [0.1, 0.15) is 0 Å². The van der Waals surface area contributed by atoms with Crippen molar-refractivity contribution in [1.82, 2.24) is 15.2 Å². The number of hydrogen-bond donors (Lipinski definition) is 3. The summed E-state index contributed by atoms with van der Waals surface area (Å²) in [5, 5.41) is 15.8. The lowest BCUT2D eigenvalue weighted by molar-refractivity contribution is 0.170. The minimum Gasteiger partial charge on any atom is -0.387 e. The van der Waals surface area contributed by atoms with Gasteiger partial charge in [-0.1, -0.05) is 55.8 Å². The number of fused-ring (bicyclic) bond motifs is 1. The Kier molecular flexibility index (Phi) is 7.73. The Hall–Kier alpha value is -1.85. The maximum Gasteiger partial charge on any atom is 0.0914 e. The summed E-state index contributed by atoms with van der Waals surface area (Å²) in [6.07, 6.45) is 2.46. The van der Waals surface area contributed by atoms with Crippen molar-refractivity contribution in [1.29, 1.82) is 0 Å². The number of aliphatic hydroxyl groups is 1. The van der Waals surface area contributed by atoms with Crippen LogP contribution in [-0.2, 0) is 13.0 Å². The maximum absolute atomic E-state index is 10.4. The molecule has 0 aliphatic rings. The zero-order valence-corrected chi connectivity index (χ0v) is 18.3. The second kappa shape index (κ2) is 10.3. The second-order valence-electron chi connectivity index (χ2n) is 7.70. The first-order valence-corrected chi connectivity index (χ1v) is 10.9. The smallest absolute Gasteiger partial charge is 0.0914 e. The van der Waals surface area contributed by atoms with Crippen LogP contribution in [0, 0.1) is 0 Å². The Morgan fingerprint density at radius 1 is 1.10 bits per heavy atom. The van der Waals surface area contributed by atoms with Crippen molar-refractivity contribution in [3.8, 4) is 0 Å². The van der Waals surface area contributed by atoms with Gasteiger partial charge in [-0.3, -0.25) is 4.90 Å². The van der Waals surface area contributed by atoms with Gasteiger partial charge in [0, 0.05) is 35.7 Å². The van der Waals surface area contributed by atoms with E-state index in [0.717, 1.165) is 31.6 Å². The van der Waals surface area contributed by atoms with Crippen LogP contribution in [0.5, 0.6) is 0 Å². The minimum atomic E-state index is -0.570. The number of aliphatic hydroxyl groups excluding tert-OH is 1. The average molecular weight is 414 g/mol. The van der Waals surface area contributed by atoms with E-state index >= 15 is 0 Å². The van der Waals surface area contributed by atoms with Crippen LogP contribution in [0.15, 0.2) is 48.7 Å². The number of nitrogens with one attached hydrogen (secondary N) is 2. The quantitative estimate of drug-likeness (QED) is 0.442. The van der Waals surface area contributed by atoms with E-state index in [2.05, 4.69) is 60.4 Å². The molecule has 0 radical (unpaired) electrons. The predicted octanol–water partition coefficient (Wildman–Crippen LogP) is 4.92. The Balaban J connectivity index is 1.64. The van der Waals surface area contributed by atoms with Crippen molar-refractivity contribution in [3.05, 3.63) is 70.4 Å². The van der Waals surface area contributed by atoms with E-state index in [9.17, 15) is 5.11 Å². The number of H-pyrrole nitrogens is 1. The third-order valence-electron chi connectivity index (χ3n) is 5.60. The van der Waals surface area contributed by atoms with E-state index in [4.69, 9.17) is 11.6 Å². The fourth-order valence-electron chi connectivity index (χ4n) is 3.81. The van der Waals surface area contributed by atoms with Crippen molar-refractivity contribution >= 4 is 22.5 Å². The van der Waals surface area contributed by atoms with Crippen LogP contribution in [0.4, 0.5) is 0 Å². The fourth-order valence-corrected chi connectivity index (χ4v) is 4.01. The standard InChI is InChI=1S/C24H32ClN3O/c1-4-28(5-2)16-19-9-7-11-22-20(14-27-24(19)22)12-17(3)26-15-23(29)18-8-6-10-21(25)13-18/h6-11,13-14,17,23,26-27,29H,4-5,12,15-16H2,1-3H3. The molecule has 3 aromatic rings. The van der Waals surface area contributed by atoms with Crippen molar-refractivity contribution in [2.24, 2.45) is 0 Å². The summed E-state index contributed by atoms with van der Waals surface area (Å²) in [6, 6.07) is 14.2. The molecule has 3 N–H and O–H groups in total. The molecule has 0 bridgehead atoms. The molecule has 0 aliphatic carbocycles. The predicted molar refractivity (Wildman–Crippen MR) is 123 cm³/mol. The van der Waals surface area contributed by atoms with Gasteiger partial charge in [-0.25, -0.2) is 0 Å². The van der Waals surface area contributed by atoms with Crippen LogP contribution in [0.2, 0.25) is 5.02 Å². The molecule has 3 rings (SSSR count). The molecule has 0 amide bonds. The lowest BCUT2D eigenvalue weighted by Gasteiger charge is -2.19. The number of para-hydroxylation sites is 1. The van der Waals surface area contributed by atoms with Crippen molar-refractivity contribution in [2.45, 2.75) is 45.9 Å². The number of rotatable bonds is 10. The summed E-state index contributed by atoms with van der Waals surface area (Å²) < 4.78 is 0. The van der Waals surface area contributed by atoms with Gasteiger partial charge in [0.05, 0.1) is 11.6 Å². The lowest BCUT2D eigenvalue weighted by atomic mass is 10.0. The number of hydrogen-bond acceptors (Lipinski definition) is 3. The number of aromatic nitrogens is 1. The molecule has 156 valence electrons. The van der Waals surface area contributed by atoms with E-state index < -0.39 is 6.10 Å². The van der Waals surface area contributed by atoms with Gasteiger partial charge < -0.3 is 15.4 Å². The SMILES string of the molecule is CCN(CC)Cc1cccc2c(CC(C)NCC(O)c3cccc(Cl)c3)c[nH]c12. The summed E-state index contributed by atoms with van der Waals surface area (Å²) in [7, 11) is 0. The van der Waals surface area contributed by atoms with Gasteiger partial charge in [-0.15, -0.1) is 0 Å². The first-order chi connectivity index (χ1) is 14.0. The van der Waals surface area contributed by atoms with Crippen molar-refractivity contribution < 1.29 is 5.11 Å². The lowest BCUT2D eigenvalue weighted by Crippen LogP contribution is -2.32. The summed E-state index contributed by atoms with van der Waals surface area (Å²) >= 11 is 6.03. The molecule has 0 aliphatic heterocycles. The zero-order valence-electron chi connectivity index (χ0n) is 17.6. The van der Waals surface area contributed by atoms with E-state index in [-0.39, 0.29) is 6.04 Å². The highest BCUT2D eigenvalue weighted by Crippen LogP contribution is 2.24. The minimum absolute atomic E-state index is 0.245. The third kappa shape index (κ3) is 5.61. The normalized spacial score (nSPS) is 13.9. The Morgan fingerprint density at radius 3 is 2.59 bits per heavy atom. The largest absolute Gasteiger partial charge is 0.387 e. The summed E-state index contributed by atoms with van der Waals surface area (Å²) in [4.78, 5) is 5.92. The number of benzene rings is 2. The molecule has 1 heterocycles. The van der Waals surface area contributed by atoms with E-state index in [1.165, 1.54) is 22.0 Å². The van der Waals surface area contributed by atoms with E-state index in [1.54, 1.807) is 0 Å². The number of nitrogens with zero attached hydrogens (tertiary/aromatic N) is 1. The van der Waals surface area contributed by atoms with Crippen LogP contribution in [-0.4, -0.2) is 40.7 Å². The van der Waals surface area contributed by atoms with Crippen LogP contribution in [0.1, 0.15) is 43.6 Å². The monoisotopic (exact) mass is 413 g/mol. The van der Waals surface area contributed by atoms with Gasteiger partial charge >= 0.3 is 0 Å². The van der Waals surface area contributed by atoms with Crippen LogP contribution < -0.4 is 5.32 Å². The second-order valence-corrected chi connectivity index (χ2v) is 8.14. The van der Waals surface area contributed by atoms with Crippen LogP contribution >= 0.6 is 11.6 Å². The molecule has 0 saturated carbocycles. The molecule has 1 aromatic heterocycles. The molecular formula is C24H32ClN3O. The van der Waals surface area contributed by atoms with Gasteiger partial charge in [-0.05, 0) is 55.3 Å². The average Bonchev–Trinajstić information content (AvgIpc) is 3.13. The Morgan fingerprint density at radius 2 is 1.86 bits per heavy atom. The fraction of sp³-hybridized carbons (Fsp3) is 0.417. The molecule has 0 fully saturated rings. The molecule has 4 nitrogen and oxygen atoms in total. The molecule has 5 heteroatoms. The van der Waals surface area contributed by atoms with Gasteiger partial charge in [0.25, 0.3) is 0 Å². The highest BCUT2D eigenvalue weighted by molar-refractivity contribution is 6.30. The highest BCUT2D eigenvalue weighted by Gasteiger charge is 2.14. The summed E-state index contributed by atoms with van der Waals surface area (Å²) in [5.41, 5.74) is 4.72. The summed E-state index contributed by atoms with van der Waals surface area (Å²) in [6.45, 7) is 10.1. The van der Waals surface area contributed by atoms with Crippen molar-refractivity contribution in [3.63, 3.8) is 0 Å². The molecule has 2 aromatic carbocycles. The Bertz CT molecular complexity index is 919. The van der Waals surface area contributed by atoms with Gasteiger partial charge in [0.15, 0.2) is 0 Å². The van der Waals surface area contributed by atoms with Crippen molar-refractivity contribution in [2.75, 3.05) is 19.6 Å². The topological polar surface area (TPSA) is 51.3 Å². The first-order valence-electron chi connectivity index (χ1n) is 10.5. The first kappa shape index (κ1) is 21.8. The molecule has 2 unspecified atom stereocenters. The Labute approximate surface area is 178 Å². The summed E-state index contributed by atoms with van der Waals surface area (Å²) in [5.74, 6) is 0. The van der Waals surface area contributed by atoms with Gasteiger partial charge in [-0.2, -0.15) is 0 Å². The van der Waals surface area contributed by atoms with E-state index in [1.807, 2.05) is 24.3 Å². The molecule has 2 atom stereocenters. The van der Waals surface area contributed by atoms with Gasteiger partial charge in [0.2, 0.25) is 0 Å². The molecular weight excluding hydrogens is 382 g/mol. The number of aromatic amines is 1. The number of halogens is 1. The highest BCUT2D eigenvalue weighted by atomic mass is 35.5. The van der Waals surface area contributed by atoms with Crippen LogP contribution in [0.3, 0.4) is 0 Å². The zero-order chi connectivity index (χ0) is 20.8. The maximum atomic E-state index is 10.4. The molecule has 0 saturated heterocycles. The van der Waals surface area contributed by atoms with Crippen LogP contribution in [0.25, 0.3) is 10.9 Å². The van der Waals surface area contributed by atoms with E-state index in [0.29, 0.717) is 11.6 Å². The molecule has 0 spiro atoms. The third-order valence-corrected chi connectivity index (χ3v) is 5.83. The molecule has 29 heavy (non-hydrogen) atoms.